The van der Waals surface area contributed by atoms with Gasteiger partial charge in [0.2, 0.25) is 0 Å². The molecule has 2 aromatic rings. The third kappa shape index (κ3) is 7.04. The fourth-order valence-corrected chi connectivity index (χ4v) is 3.07. The lowest BCUT2D eigenvalue weighted by molar-refractivity contribution is -0.108. The third-order valence-electron chi connectivity index (χ3n) is 4.11. The van der Waals surface area contributed by atoms with Gasteiger partial charge in [0.15, 0.2) is 6.29 Å². The first-order chi connectivity index (χ1) is 13.7. The van der Waals surface area contributed by atoms with Gasteiger partial charge in [-0.3, -0.25) is 0 Å². The molecule has 0 radical (unpaired) electrons. The van der Waals surface area contributed by atoms with Gasteiger partial charge >= 0.3 is 10.2 Å². The van der Waals surface area contributed by atoms with Crippen molar-refractivity contribution in [2.45, 2.75) is 25.0 Å². The van der Waals surface area contributed by atoms with E-state index >= 15 is 0 Å². The van der Waals surface area contributed by atoms with E-state index in [0.29, 0.717) is 18.8 Å². The summed E-state index contributed by atoms with van der Waals surface area (Å²) in [6, 6.07) is 10.7. The van der Waals surface area contributed by atoms with Crippen molar-refractivity contribution in [3.8, 4) is 0 Å². The minimum absolute atomic E-state index is 0.0639. The summed E-state index contributed by atoms with van der Waals surface area (Å²) >= 11 is 5.98. The van der Waals surface area contributed by atoms with Crippen molar-refractivity contribution < 1.29 is 21.8 Å². The molecule has 0 amide bonds. The lowest BCUT2D eigenvalue weighted by Gasteiger charge is -2.23. The van der Waals surface area contributed by atoms with Crippen molar-refractivity contribution in [3.05, 3.63) is 47.5 Å². The van der Waals surface area contributed by atoms with Gasteiger partial charge in [-0.05, 0) is 56.3 Å². The maximum atomic E-state index is 13.1. The van der Waals surface area contributed by atoms with Crippen LogP contribution in [0.3, 0.4) is 0 Å². The van der Waals surface area contributed by atoms with Gasteiger partial charge in [0.1, 0.15) is 10.6 Å². The summed E-state index contributed by atoms with van der Waals surface area (Å²) in [7, 11) is -3.25. The van der Waals surface area contributed by atoms with Crippen LogP contribution < -0.4 is 4.90 Å². The Morgan fingerprint density at radius 1 is 1.17 bits per heavy atom. The Morgan fingerprint density at radius 2 is 1.86 bits per heavy atom. The van der Waals surface area contributed by atoms with Crippen LogP contribution in [0.2, 0.25) is 5.02 Å². The average molecular weight is 444 g/mol. The molecule has 29 heavy (non-hydrogen) atoms. The van der Waals surface area contributed by atoms with Crippen LogP contribution in [0.25, 0.3) is 0 Å². The third-order valence-corrected chi connectivity index (χ3v) is 5.25. The molecule has 10 heteroatoms. The standard InChI is InChI=1S/C19H23ClFN3O4S/c1-4-24(11-12-28-14(2)27-3)16-7-5-15(6-8-16)22-23-19-13-17(29(21,25)26)9-10-18(19)20/h5-10,13-14H,4,11-12H2,1-3H3. The quantitative estimate of drug-likeness (QED) is 0.284. The summed E-state index contributed by atoms with van der Waals surface area (Å²) in [6.45, 7) is 5.90. The summed E-state index contributed by atoms with van der Waals surface area (Å²) in [5, 5.41) is 8.15. The molecule has 0 saturated carbocycles. The van der Waals surface area contributed by atoms with Gasteiger partial charge in [0.05, 0.1) is 17.3 Å². The molecule has 0 saturated heterocycles. The van der Waals surface area contributed by atoms with E-state index in [1.54, 1.807) is 19.2 Å². The van der Waals surface area contributed by atoms with Gasteiger partial charge in [-0.1, -0.05) is 11.6 Å². The molecular weight excluding hydrogens is 421 g/mol. The van der Waals surface area contributed by atoms with E-state index in [2.05, 4.69) is 15.1 Å². The number of hydrogen-bond acceptors (Lipinski definition) is 7. The SMILES string of the molecule is CCN(CCOC(C)OC)c1ccc(N=Nc2cc(S(=O)(=O)F)ccc2Cl)cc1. The van der Waals surface area contributed by atoms with E-state index in [0.717, 1.165) is 24.4 Å². The maximum absolute atomic E-state index is 13.1. The molecule has 0 aromatic heterocycles. The molecule has 7 nitrogen and oxygen atoms in total. The van der Waals surface area contributed by atoms with E-state index in [1.165, 1.54) is 6.07 Å². The largest absolute Gasteiger partial charge is 0.369 e. The van der Waals surface area contributed by atoms with Crippen molar-refractivity contribution in [3.63, 3.8) is 0 Å². The highest BCUT2D eigenvalue weighted by atomic mass is 35.5. The highest BCUT2D eigenvalue weighted by Crippen LogP contribution is 2.30. The van der Waals surface area contributed by atoms with Crippen molar-refractivity contribution >= 4 is 38.9 Å². The van der Waals surface area contributed by atoms with Gasteiger partial charge in [0, 0.05) is 25.9 Å². The topological polar surface area (TPSA) is 80.6 Å². The second-order valence-electron chi connectivity index (χ2n) is 6.02. The van der Waals surface area contributed by atoms with E-state index in [4.69, 9.17) is 21.1 Å². The molecule has 2 rings (SSSR count). The zero-order chi connectivity index (χ0) is 21.4. The van der Waals surface area contributed by atoms with E-state index in [9.17, 15) is 12.3 Å². The number of rotatable bonds is 10. The number of methoxy groups -OCH3 is 1. The Bertz CT molecular complexity index is 939. The first-order valence-electron chi connectivity index (χ1n) is 8.90. The van der Waals surface area contributed by atoms with Gasteiger partial charge in [0.25, 0.3) is 0 Å². The molecule has 1 unspecified atom stereocenters. The smallest absolute Gasteiger partial charge is 0.332 e. The summed E-state index contributed by atoms with van der Waals surface area (Å²) in [4.78, 5) is 1.62. The molecule has 0 aliphatic carbocycles. The molecule has 0 heterocycles. The molecular formula is C19H23ClFN3O4S. The van der Waals surface area contributed by atoms with Crippen LogP contribution in [-0.4, -0.2) is 41.5 Å². The number of halogens is 2. The van der Waals surface area contributed by atoms with E-state index in [1.807, 2.05) is 26.0 Å². The average Bonchev–Trinajstić information content (AvgIpc) is 2.70. The first-order valence-corrected chi connectivity index (χ1v) is 10.7. The second kappa shape index (κ2) is 10.6. The lowest BCUT2D eigenvalue weighted by Crippen LogP contribution is -2.28. The predicted molar refractivity (Wildman–Crippen MR) is 111 cm³/mol. The van der Waals surface area contributed by atoms with Crippen molar-refractivity contribution in [1.82, 2.24) is 0 Å². The zero-order valence-electron chi connectivity index (χ0n) is 16.4. The Balaban J connectivity index is 2.08. The minimum Gasteiger partial charge on any atom is -0.369 e. The number of benzene rings is 2. The second-order valence-corrected chi connectivity index (χ2v) is 7.78. The summed E-state index contributed by atoms with van der Waals surface area (Å²) < 4.78 is 45.8. The molecule has 0 aliphatic rings. The molecule has 0 fully saturated rings. The van der Waals surface area contributed by atoms with Crippen LogP contribution in [0.15, 0.2) is 57.6 Å². The molecule has 0 spiro atoms. The minimum atomic E-state index is -4.84. The number of ether oxygens (including phenoxy) is 2. The van der Waals surface area contributed by atoms with Gasteiger partial charge in [-0.2, -0.15) is 13.5 Å². The van der Waals surface area contributed by atoms with Gasteiger partial charge in [-0.15, -0.1) is 9.00 Å². The number of likely N-dealkylation sites (N-methyl/N-ethyl adjacent to an activating group) is 1. The summed E-state index contributed by atoms with van der Waals surface area (Å²) in [5.74, 6) is 0. The summed E-state index contributed by atoms with van der Waals surface area (Å²) in [6.07, 6.45) is -0.255. The predicted octanol–water partition coefficient (Wildman–Crippen LogP) is 5.25. The van der Waals surface area contributed by atoms with E-state index in [-0.39, 0.29) is 17.0 Å². The number of azo groups is 1. The highest BCUT2D eigenvalue weighted by molar-refractivity contribution is 7.86. The fraction of sp³-hybridized carbons (Fsp3) is 0.368. The fourth-order valence-electron chi connectivity index (χ4n) is 2.43. The summed E-state index contributed by atoms with van der Waals surface area (Å²) in [5.41, 5.74) is 1.59. The normalized spacial score (nSPS) is 13.0. The van der Waals surface area contributed by atoms with Crippen LogP contribution in [0, 0.1) is 0 Å². The van der Waals surface area contributed by atoms with Crippen LogP contribution in [-0.2, 0) is 19.7 Å². The van der Waals surface area contributed by atoms with Crippen LogP contribution in [0.5, 0.6) is 0 Å². The first kappa shape index (κ1) is 23.2. The number of hydrogen-bond donors (Lipinski definition) is 0. The molecule has 0 N–H and O–H groups in total. The van der Waals surface area contributed by atoms with Crippen LogP contribution in [0.4, 0.5) is 20.9 Å². The monoisotopic (exact) mass is 443 g/mol. The maximum Gasteiger partial charge on any atom is 0.332 e. The Kier molecular flexibility index (Phi) is 8.51. The van der Waals surface area contributed by atoms with Gasteiger partial charge in [-0.25, -0.2) is 0 Å². The molecule has 158 valence electrons. The van der Waals surface area contributed by atoms with Crippen molar-refractivity contribution in [1.29, 1.82) is 0 Å². The van der Waals surface area contributed by atoms with E-state index < -0.39 is 15.1 Å². The highest BCUT2D eigenvalue weighted by Gasteiger charge is 2.14. The molecule has 2 aromatic carbocycles. The van der Waals surface area contributed by atoms with Crippen LogP contribution >= 0.6 is 11.6 Å². The van der Waals surface area contributed by atoms with Crippen LogP contribution in [0.1, 0.15) is 13.8 Å². The molecule has 0 aliphatic heterocycles. The Hall–Kier alpha value is -2.07. The number of nitrogens with zero attached hydrogens (tertiary/aromatic N) is 3. The number of anilines is 1. The Labute approximate surface area is 175 Å². The Morgan fingerprint density at radius 3 is 2.45 bits per heavy atom. The van der Waals surface area contributed by atoms with Crippen molar-refractivity contribution in [2.24, 2.45) is 10.2 Å². The zero-order valence-corrected chi connectivity index (χ0v) is 18.0. The van der Waals surface area contributed by atoms with Gasteiger partial charge < -0.3 is 14.4 Å². The molecule has 0 bridgehead atoms. The molecule has 1 atom stereocenters. The van der Waals surface area contributed by atoms with Crippen molar-refractivity contribution in [2.75, 3.05) is 31.7 Å². The lowest BCUT2D eigenvalue weighted by atomic mass is 10.2.